The quantitative estimate of drug-likeness (QED) is 0.864. The number of benzene rings is 1. The van der Waals surface area contributed by atoms with Crippen LogP contribution in [0.1, 0.15) is 18.9 Å². The normalized spacial score (nSPS) is 22.4. The van der Waals surface area contributed by atoms with Crippen molar-refractivity contribution in [3.05, 3.63) is 35.6 Å². The van der Waals surface area contributed by atoms with Crippen molar-refractivity contribution >= 4 is 0 Å². The summed E-state index contributed by atoms with van der Waals surface area (Å²) < 4.78 is 13.0. The average molecular weight is 236 g/mol. The van der Waals surface area contributed by atoms with Crippen LogP contribution in [-0.2, 0) is 6.42 Å². The van der Waals surface area contributed by atoms with Crippen molar-refractivity contribution in [2.75, 3.05) is 26.2 Å². The maximum absolute atomic E-state index is 13.0. The molecular weight excluding hydrogens is 215 g/mol. The summed E-state index contributed by atoms with van der Waals surface area (Å²) in [5.41, 5.74) is 1.09. The Morgan fingerprint density at radius 3 is 3.18 bits per heavy atom. The van der Waals surface area contributed by atoms with E-state index in [0.717, 1.165) is 38.2 Å². The summed E-state index contributed by atoms with van der Waals surface area (Å²) in [7, 11) is 0. The highest BCUT2D eigenvalue weighted by Gasteiger charge is 2.13. The van der Waals surface area contributed by atoms with Crippen molar-refractivity contribution in [2.24, 2.45) is 0 Å². The largest absolute Gasteiger partial charge is 0.313 e. The first-order chi connectivity index (χ1) is 8.24. The molecule has 1 aliphatic rings. The number of rotatable bonds is 3. The van der Waals surface area contributed by atoms with E-state index in [1.807, 2.05) is 6.07 Å². The molecule has 2 rings (SSSR count). The third-order valence-electron chi connectivity index (χ3n) is 3.28. The van der Waals surface area contributed by atoms with Gasteiger partial charge in [0, 0.05) is 19.1 Å². The van der Waals surface area contributed by atoms with E-state index in [9.17, 15) is 4.39 Å². The van der Waals surface area contributed by atoms with Gasteiger partial charge in [-0.3, -0.25) is 0 Å². The molecule has 0 bridgehead atoms. The van der Waals surface area contributed by atoms with E-state index in [2.05, 4.69) is 17.1 Å². The van der Waals surface area contributed by atoms with Crippen molar-refractivity contribution in [1.29, 1.82) is 0 Å². The summed E-state index contributed by atoms with van der Waals surface area (Å²) in [5.74, 6) is -0.131. The van der Waals surface area contributed by atoms with E-state index in [0.29, 0.717) is 6.04 Å². The Morgan fingerprint density at radius 2 is 2.35 bits per heavy atom. The second-order valence-electron chi connectivity index (χ2n) is 4.89. The molecule has 94 valence electrons. The van der Waals surface area contributed by atoms with Crippen LogP contribution in [0.2, 0.25) is 0 Å². The molecule has 1 fully saturated rings. The molecule has 0 saturated carbocycles. The smallest absolute Gasteiger partial charge is 0.123 e. The molecular formula is C14H21FN2. The first-order valence-electron chi connectivity index (χ1n) is 6.44. The van der Waals surface area contributed by atoms with Crippen molar-refractivity contribution < 1.29 is 4.39 Å². The van der Waals surface area contributed by atoms with E-state index in [-0.39, 0.29) is 5.82 Å². The molecule has 17 heavy (non-hydrogen) atoms. The number of nitrogens with one attached hydrogen (secondary N) is 1. The van der Waals surface area contributed by atoms with Gasteiger partial charge in [-0.2, -0.15) is 0 Å². The van der Waals surface area contributed by atoms with Crippen LogP contribution >= 0.6 is 0 Å². The van der Waals surface area contributed by atoms with E-state index in [4.69, 9.17) is 0 Å². The molecule has 1 aromatic carbocycles. The third-order valence-corrected chi connectivity index (χ3v) is 3.28. The van der Waals surface area contributed by atoms with Crippen LogP contribution in [0.25, 0.3) is 0 Å². The van der Waals surface area contributed by atoms with Crippen molar-refractivity contribution in [2.45, 2.75) is 25.8 Å². The monoisotopic (exact) mass is 236 g/mol. The molecule has 1 aromatic rings. The van der Waals surface area contributed by atoms with E-state index < -0.39 is 0 Å². The van der Waals surface area contributed by atoms with Gasteiger partial charge in [-0.15, -0.1) is 0 Å². The molecule has 1 N–H and O–H groups in total. The zero-order valence-electron chi connectivity index (χ0n) is 10.5. The van der Waals surface area contributed by atoms with Gasteiger partial charge in [-0.25, -0.2) is 4.39 Å². The molecule has 0 aromatic heterocycles. The van der Waals surface area contributed by atoms with Crippen LogP contribution in [-0.4, -0.2) is 37.1 Å². The van der Waals surface area contributed by atoms with E-state index in [1.54, 1.807) is 12.1 Å². The molecule has 0 amide bonds. The van der Waals surface area contributed by atoms with Crippen LogP contribution in [0.4, 0.5) is 4.39 Å². The van der Waals surface area contributed by atoms with Crippen LogP contribution < -0.4 is 5.32 Å². The summed E-state index contributed by atoms with van der Waals surface area (Å²) >= 11 is 0. The highest BCUT2D eigenvalue weighted by molar-refractivity contribution is 5.16. The highest BCUT2D eigenvalue weighted by atomic mass is 19.1. The first kappa shape index (κ1) is 12.5. The molecule has 0 spiro atoms. The Kier molecular flexibility index (Phi) is 4.51. The minimum atomic E-state index is -0.131. The SMILES string of the molecule is CC1CN(CCc2cccc(F)c2)CCCN1. The van der Waals surface area contributed by atoms with Gasteiger partial charge < -0.3 is 10.2 Å². The second kappa shape index (κ2) is 6.12. The number of halogens is 1. The lowest BCUT2D eigenvalue weighted by molar-refractivity contribution is 0.276. The van der Waals surface area contributed by atoms with Crippen molar-refractivity contribution in [3.8, 4) is 0 Å². The molecule has 1 atom stereocenters. The Labute approximate surface area is 103 Å². The Hall–Kier alpha value is -0.930. The van der Waals surface area contributed by atoms with Crippen LogP contribution in [0.15, 0.2) is 24.3 Å². The maximum atomic E-state index is 13.0. The summed E-state index contributed by atoms with van der Waals surface area (Å²) in [6.45, 7) is 6.59. The zero-order chi connectivity index (χ0) is 12.1. The molecule has 0 aliphatic carbocycles. The number of hydrogen-bond acceptors (Lipinski definition) is 2. The molecule has 1 saturated heterocycles. The fourth-order valence-corrected chi connectivity index (χ4v) is 2.38. The van der Waals surface area contributed by atoms with Crippen LogP contribution in [0, 0.1) is 5.82 Å². The summed E-state index contributed by atoms with van der Waals surface area (Å²) in [6.07, 6.45) is 2.14. The number of hydrogen-bond donors (Lipinski definition) is 1. The Morgan fingerprint density at radius 1 is 1.47 bits per heavy atom. The Balaban J connectivity index is 1.84. The molecule has 0 radical (unpaired) electrons. The minimum Gasteiger partial charge on any atom is -0.313 e. The lowest BCUT2D eigenvalue weighted by Gasteiger charge is -2.22. The van der Waals surface area contributed by atoms with Crippen molar-refractivity contribution in [1.82, 2.24) is 10.2 Å². The fourth-order valence-electron chi connectivity index (χ4n) is 2.38. The Bertz CT molecular complexity index is 354. The molecule has 2 nitrogen and oxygen atoms in total. The van der Waals surface area contributed by atoms with Gasteiger partial charge in [0.15, 0.2) is 0 Å². The van der Waals surface area contributed by atoms with Gasteiger partial charge in [0.05, 0.1) is 0 Å². The lowest BCUT2D eigenvalue weighted by atomic mass is 10.1. The number of nitrogens with zero attached hydrogens (tertiary/aromatic N) is 1. The molecule has 1 unspecified atom stereocenters. The zero-order valence-corrected chi connectivity index (χ0v) is 10.5. The molecule has 1 heterocycles. The topological polar surface area (TPSA) is 15.3 Å². The van der Waals surface area contributed by atoms with Crippen molar-refractivity contribution in [3.63, 3.8) is 0 Å². The van der Waals surface area contributed by atoms with Crippen LogP contribution in [0.3, 0.4) is 0 Å². The minimum absolute atomic E-state index is 0.131. The highest BCUT2D eigenvalue weighted by Crippen LogP contribution is 2.07. The van der Waals surface area contributed by atoms with Gasteiger partial charge in [0.25, 0.3) is 0 Å². The molecule has 1 aliphatic heterocycles. The van der Waals surface area contributed by atoms with Gasteiger partial charge in [-0.1, -0.05) is 12.1 Å². The summed E-state index contributed by atoms with van der Waals surface area (Å²) in [6, 6.07) is 7.49. The maximum Gasteiger partial charge on any atom is 0.123 e. The third kappa shape index (κ3) is 4.10. The molecule has 3 heteroatoms. The predicted molar refractivity (Wildman–Crippen MR) is 68.6 cm³/mol. The standard InChI is InChI=1S/C14H21FN2/c1-12-11-17(8-3-7-16-12)9-6-13-4-2-5-14(15)10-13/h2,4-5,10,12,16H,3,6-9,11H2,1H3. The van der Waals surface area contributed by atoms with Gasteiger partial charge in [-0.05, 0) is 50.6 Å². The van der Waals surface area contributed by atoms with E-state index >= 15 is 0 Å². The van der Waals surface area contributed by atoms with Gasteiger partial charge in [0.2, 0.25) is 0 Å². The summed E-state index contributed by atoms with van der Waals surface area (Å²) in [5, 5.41) is 3.48. The van der Waals surface area contributed by atoms with E-state index in [1.165, 1.54) is 12.5 Å². The van der Waals surface area contributed by atoms with Crippen LogP contribution in [0.5, 0.6) is 0 Å². The lowest BCUT2D eigenvalue weighted by Crippen LogP contribution is -2.36. The first-order valence-corrected chi connectivity index (χ1v) is 6.44. The second-order valence-corrected chi connectivity index (χ2v) is 4.89. The predicted octanol–water partition coefficient (Wildman–Crippen LogP) is 2.05. The summed E-state index contributed by atoms with van der Waals surface area (Å²) in [4.78, 5) is 2.47. The van der Waals surface area contributed by atoms with Gasteiger partial charge >= 0.3 is 0 Å². The fraction of sp³-hybridized carbons (Fsp3) is 0.571. The van der Waals surface area contributed by atoms with Gasteiger partial charge in [0.1, 0.15) is 5.82 Å². The average Bonchev–Trinajstić information content (AvgIpc) is 2.51.